The molecule has 162 valence electrons. The number of morpholine rings is 1. The summed E-state index contributed by atoms with van der Waals surface area (Å²) >= 11 is 0. The van der Waals surface area contributed by atoms with Gasteiger partial charge in [0.25, 0.3) is 0 Å². The first-order valence-corrected chi connectivity index (χ1v) is 9.97. The molecule has 2 aromatic rings. The van der Waals surface area contributed by atoms with Crippen LogP contribution >= 0.6 is 24.0 Å². The number of carbonyl (C=O) groups is 1. The summed E-state index contributed by atoms with van der Waals surface area (Å²) < 4.78 is 6.06. The van der Waals surface area contributed by atoms with Crippen LogP contribution in [0.1, 0.15) is 35.3 Å². The summed E-state index contributed by atoms with van der Waals surface area (Å²) in [6.45, 7) is 8.61. The highest BCUT2D eigenvalue weighted by molar-refractivity contribution is 14.0. The molecule has 1 saturated heterocycles. The second-order valence-corrected chi connectivity index (χ2v) is 7.45. The van der Waals surface area contributed by atoms with Gasteiger partial charge in [0, 0.05) is 32.7 Å². The van der Waals surface area contributed by atoms with Crippen molar-refractivity contribution in [1.82, 2.24) is 10.2 Å². The molecule has 0 saturated carbocycles. The van der Waals surface area contributed by atoms with Crippen molar-refractivity contribution in [3.8, 4) is 0 Å². The lowest BCUT2D eigenvalue weighted by Gasteiger charge is -2.36. The zero-order valence-corrected chi connectivity index (χ0v) is 20.4. The van der Waals surface area contributed by atoms with Crippen molar-refractivity contribution in [3.63, 3.8) is 0 Å². The number of guanidine groups is 1. The van der Waals surface area contributed by atoms with Crippen molar-refractivity contribution >= 4 is 41.5 Å². The quantitative estimate of drug-likeness (QED) is 0.362. The number of hydrogen-bond donors (Lipinski definition) is 2. The highest BCUT2D eigenvalue weighted by Crippen LogP contribution is 2.26. The van der Waals surface area contributed by atoms with Crippen LogP contribution in [-0.2, 0) is 16.1 Å². The Bertz CT molecular complexity index is 901. The van der Waals surface area contributed by atoms with Crippen LogP contribution in [0.4, 0.5) is 5.69 Å². The minimum atomic E-state index is -0.0725. The first-order chi connectivity index (χ1) is 14.0. The molecule has 1 fully saturated rings. The molecule has 1 aliphatic heterocycles. The molecule has 1 unspecified atom stereocenters. The summed E-state index contributed by atoms with van der Waals surface area (Å²) in [6.07, 6.45) is 0.0333. The number of aliphatic imine (C=N–C) groups is 1. The fourth-order valence-corrected chi connectivity index (χ4v) is 3.69. The van der Waals surface area contributed by atoms with Crippen LogP contribution in [0.3, 0.4) is 0 Å². The lowest BCUT2D eigenvalue weighted by Crippen LogP contribution is -2.48. The molecule has 1 aliphatic rings. The molecule has 30 heavy (non-hydrogen) atoms. The molecule has 1 amide bonds. The largest absolute Gasteiger partial charge is 0.370 e. The van der Waals surface area contributed by atoms with Gasteiger partial charge in [-0.05, 0) is 42.7 Å². The van der Waals surface area contributed by atoms with E-state index >= 15 is 0 Å². The molecule has 0 spiro atoms. The predicted molar refractivity (Wildman–Crippen MR) is 133 cm³/mol. The topological polar surface area (TPSA) is 66.0 Å². The van der Waals surface area contributed by atoms with Crippen LogP contribution < -0.4 is 10.6 Å². The Balaban J connectivity index is 0.00000320. The third-order valence-corrected chi connectivity index (χ3v) is 5.05. The lowest BCUT2D eigenvalue weighted by atomic mass is 10.00. The highest BCUT2D eigenvalue weighted by atomic mass is 127. The summed E-state index contributed by atoms with van der Waals surface area (Å²) in [5, 5.41) is 6.26. The normalized spacial score (nSPS) is 16.6. The van der Waals surface area contributed by atoms with E-state index in [0.29, 0.717) is 13.2 Å². The minimum Gasteiger partial charge on any atom is -0.370 e. The van der Waals surface area contributed by atoms with E-state index in [1.54, 1.807) is 7.05 Å². The van der Waals surface area contributed by atoms with Crippen molar-refractivity contribution < 1.29 is 9.53 Å². The standard InChI is InChI=1S/C23H30N4O2.HI/c1-16-8-9-21(17(2)12-16)22-15-27(10-11-29-22)23(24-4)25-14-19-6-5-7-20(13-19)26-18(3)28;/h5-9,12-13,22H,10-11,14-15H2,1-4H3,(H,24,25)(H,26,28);1H. The van der Waals surface area contributed by atoms with Gasteiger partial charge in [-0.15, -0.1) is 24.0 Å². The number of nitrogens with one attached hydrogen (secondary N) is 2. The van der Waals surface area contributed by atoms with E-state index in [0.717, 1.165) is 30.3 Å². The third-order valence-electron chi connectivity index (χ3n) is 5.05. The molecular weight excluding hydrogens is 491 g/mol. The molecule has 7 heteroatoms. The summed E-state index contributed by atoms with van der Waals surface area (Å²) in [4.78, 5) is 18.0. The van der Waals surface area contributed by atoms with E-state index in [2.05, 4.69) is 52.6 Å². The van der Waals surface area contributed by atoms with Gasteiger partial charge in [0.15, 0.2) is 5.96 Å². The molecule has 3 rings (SSSR count). The Labute approximate surface area is 196 Å². The SMILES string of the molecule is CN=C(NCc1cccc(NC(C)=O)c1)N1CCOC(c2ccc(C)cc2C)C1.I. The average Bonchev–Trinajstić information content (AvgIpc) is 2.68. The first kappa shape index (κ1) is 24.1. The third kappa shape index (κ3) is 6.43. The fraction of sp³-hybridized carbons (Fsp3) is 0.391. The number of nitrogens with zero attached hydrogens (tertiary/aromatic N) is 2. The van der Waals surface area contributed by atoms with Gasteiger partial charge < -0.3 is 20.3 Å². The highest BCUT2D eigenvalue weighted by Gasteiger charge is 2.25. The molecule has 0 aromatic heterocycles. The zero-order chi connectivity index (χ0) is 20.8. The van der Waals surface area contributed by atoms with Gasteiger partial charge in [-0.2, -0.15) is 0 Å². The summed E-state index contributed by atoms with van der Waals surface area (Å²) in [7, 11) is 1.80. The van der Waals surface area contributed by atoms with Crippen molar-refractivity contribution in [2.45, 2.75) is 33.4 Å². The average molecular weight is 522 g/mol. The Kier molecular flexibility index (Phi) is 9.10. The van der Waals surface area contributed by atoms with Gasteiger partial charge in [-0.25, -0.2) is 0 Å². The molecular formula is C23H31IN4O2. The number of ether oxygens (including phenoxy) is 1. The van der Waals surface area contributed by atoms with Gasteiger partial charge in [-0.3, -0.25) is 9.79 Å². The second-order valence-electron chi connectivity index (χ2n) is 7.45. The van der Waals surface area contributed by atoms with Gasteiger partial charge in [0.2, 0.25) is 5.91 Å². The van der Waals surface area contributed by atoms with Crippen LogP contribution in [0.5, 0.6) is 0 Å². The molecule has 6 nitrogen and oxygen atoms in total. The van der Waals surface area contributed by atoms with Gasteiger partial charge >= 0.3 is 0 Å². The Morgan fingerprint density at radius 3 is 2.73 bits per heavy atom. The lowest BCUT2D eigenvalue weighted by molar-refractivity contribution is -0.114. The first-order valence-electron chi connectivity index (χ1n) is 9.97. The number of amides is 1. The number of hydrogen-bond acceptors (Lipinski definition) is 3. The molecule has 2 aromatic carbocycles. The van der Waals surface area contributed by atoms with Crippen LogP contribution in [0, 0.1) is 13.8 Å². The van der Waals surface area contributed by atoms with Crippen molar-refractivity contribution in [1.29, 1.82) is 0 Å². The van der Waals surface area contributed by atoms with Crippen LogP contribution in [0.25, 0.3) is 0 Å². The molecule has 2 N–H and O–H groups in total. The smallest absolute Gasteiger partial charge is 0.221 e. The monoisotopic (exact) mass is 522 g/mol. The van der Waals surface area contributed by atoms with E-state index in [-0.39, 0.29) is 36.0 Å². The number of carbonyl (C=O) groups excluding carboxylic acids is 1. The van der Waals surface area contributed by atoms with E-state index in [1.165, 1.54) is 23.6 Å². The van der Waals surface area contributed by atoms with Gasteiger partial charge in [0.1, 0.15) is 6.10 Å². The zero-order valence-electron chi connectivity index (χ0n) is 18.1. The number of halogens is 1. The maximum atomic E-state index is 11.3. The van der Waals surface area contributed by atoms with Gasteiger partial charge in [0.05, 0.1) is 13.2 Å². The number of anilines is 1. The number of benzene rings is 2. The molecule has 1 heterocycles. The molecule has 0 bridgehead atoms. The Morgan fingerprint density at radius 1 is 1.23 bits per heavy atom. The minimum absolute atomic E-state index is 0. The predicted octanol–water partition coefficient (Wildman–Crippen LogP) is 4.03. The van der Waals surface area contributed by atoms with Crippen LogP contribution in [0.2, 0.25) is 0 Å². The molecule has 0 radical (unpaired) electrons. The number of aryl methyl sites for hydroxylation is 2. The Morgan fingerprint density at radius 2 is 2.03 bits per heavy atom. The summed E-state index contributed by atoms with van der Waals surface area (Å²) in [5.41, 5.74) is 5.64. The Hall–Kier alpha value is -2.13. The van der Waals surface area contributed by atoms with Crippen LogP contribution in [0.15, 0.2) is 47.5 Å². The summed E-state index contributed by atoms with van der Waals surface area (Å²) in [5.74, 6) is 0.782. The van der Waals surface area contributed by atoms with E-state index < -0.39 is 0 Å². The fourth-order valence-electron chi connectivity index (χ4n) is 3.69. The van der Waals surface area contributed by atoms with E-state index in [4.69, 9.17) is 4.74 Å². The second kappa shape index (κ2) is 11.3. The maximum absolute atomic E-state index is 11.3. The molecule has 1 atom stereocenters. The van der Waals surface area contributed by atoms with Crippen molar-refractivity contribution in [3.05, 3.63) is 64.7 Å². The summed E-state index contributed by atoms with van der Waals surface area (Å²) in [6, 6.07) is 14.3. The van der Waals surface area contributed by atoms with E-state index in [9.17, 15) is 4.79 Å². The van der Waals surface area contributed by atoms with Gasteiger partial charge in [-0.1, -0.05) is 35.9 Å². The number of rotatable bonds is 4. The maximum Gasteiger partial charge on any atom is 0.221 e. The van der Waals surface area contributed by atoms with E-state index in [1.807, 2.05) is 24.3 Å². The van der Waals surface area contributed by atoms with Crippen molar-refractivity contribution in [2.24, 2.45) is 4.99 Å². The van der Waals surface area contributed by atoms with Crippen LogP contribution in [-0.4, -0.2) is 43.5 Å². The van der Waals surface area contributed by atoms with Crippen molar-refractivity contribution in [2.75, 3.05) is 32.1 Å². The molecule has 0 aliphatic carbocycles.